The van der Waals surface area contributed by atoms with Crippen LogP contribution in [0.25, 0.3) is 0 Å². The van der Waals surface area contributed by atoms with Gasteiger partial charge in [-0.1, -0.05) is 0 Å². The van der Waals surface area contributed by atoms with Gasteiger partial charge in [-0.2, -0.15) is 8.42 Å². The zero-order chi connectivity index (χ0) is 45.9. The summed E-state index contributed by atoms with van der Waals surface area (Å²) in [5, 5.41) is 0. The molecule has 1 N–H and O–H groups in total. The molecule has 0 amide bonds. The van der Waals surface area contributed by atoms with Crippen molar-refractivity contribution < 1.29 is 88.8 Å². The highest BCUT2D eigenvalue weighted by molar-refractivity contribution is 7.85. The summed E-state index contributed by atoms with van der Waals surface area (Å²) < 4.78 is 113. The molecular formula is C39H83N3O19S. The number of hydrogen-bond acceptors (Lipinski definition) is 19. The average Bonchev–Trinajstić information content (AvgIpc) is 3.22. The van der Waals surface area contributed by atoms with E-state index < -0.39 is 10.1 Å². The van der Waals surface area contributed by atoms with Crippen molar-refractivity contribution in [3.05, 3.63) is 0 Å². The minimum Gasteiger partial charge on any atom is -0.382 e. The summed E-state index contributed by atoms with van der Waals surface area (Å²) in [6, 6.07) is 0. The van der Waals surface area contributed by atoms with Gasteiger partial charge in [0.25, 0.3) is 10.1 Å². The number of nitrogens with zero attached hydrogens (tertiary/aromatic N) is 3. The molecule has 0 aromatic carbocycles. The van der Waals surface area contributed by atoms with Crippen molar-refractivity contribution in [2.75, 3.05) is 253 Å². The Bertz CT molecular complexity index is 989. The number of hydrogen-bond donors (Lipinski definition) is 1. The quantitative estimate of drug-likeness (QED) is 0.0363. The van der Waals surface area contributed by atoms with E-state index in [0.29, 0.717) is 218 Å². The zero-order valence-corrected chi connectivity index (χ0v) is 39.5. The predicted molar refractivity (Wildman–Crippen MR) is 231 cm³/mol. The molecule has 0 rings (SSSR count). The molecule has 0 atom stereocenters. The van der Waals surface area contributed by atoms with Crippen LogP contribution in [0, 0.1) is 0 Å². The molecular weight excluding hydrogens is 846 g/mol. The van der Waals surface area contributed by atoms with Crippen LogP contribution >= 0.6 is 0 Å². The van der Waals surface area contributed by atoms with Crippen LogP contribution in [0.2, 0.25) is 0 Å². The third kappa shape index (κ3) is 60.6. The first-order chi connectivity index (χ1) is 30.1. The van der Waals surface area contributed by atoms with Gasteiger partial charge in [0.1, 0.15) is 0 Å². The minimum atomic E-state index is -3.67. The fourth-order valence-corrected chi connectivity index (χ4v) is 4.22. The van der Waals surface area contributed by atoms with Crippen LogP contribution < -0.4 is 0 Å². The Morgan fingerprint density at radius 1 is 0.355 bits per heavy atom. The zero-order valence-electron chi connectivity index (χ0n) is 38.7. The van der Waals surface area contributed by atoms with Crippen molar-refractivity contribution in [3.63, 3.8) is 0 Å². The lowest BCUT2D eigenvalue weighted by Crippen LogP contribution is -2.35. The number of ether oxygens (including phenoxy) is 16. The average molecular weight is 930 g/mol. The van der Waals surface area contributed by atoms with E-state index in [4.69, 9.17) is 80.3 Å². The van der Waals surface area contributed by atoms with Crippen LogP contribution in [0.1, 0.15) is 0 Å². The molecule has 0 aliphatic heterocycles. The van der Waals surface area contributed by atoms with E-state index in [2.05, 4.69) is 4.99 Å². The SMILES string of the molecule is COCCOCCOCCOCCOCCOCCOCCOCCOCCOCCOCCOCCOCCOCCOCCOCCN=C(N(C)C)N(C)C.CS(=O)(=O)O. The maximum atomic E-state index is 9.19. The van der Waals surface area contributed by atoms with Gasteiger partial charge in [0.2, 0.25) is 0 Å². The van der Waals surface area contributed by atoms with Gasteiger partial charge in [-0.15, -0.1) is 0 Å². The second-order valence-electron chi connectivity index (χ2n) is 12.9. The van der Waals surface area contributed by atoms with Crippen LogP contribution in [-0.4, -0.2) is 282 Å². The van der Waals surface area contributed by atoms with Crippen molar-refractivity contribution in [3.8, 4) is 0 Å². The van der Waals surface area contributed by atoms with E-state index in [-0.39, 0.29) is 0 Å². The van der Waals surface area contributed by atoms with Crippen molar-refractivity contribution in [2.24, 2.45) is 4.99 Å². The van der Waals surface area contributed by atoms with E-state index in [1.165, 1.54) is 0 Å². The molecule has 0 spiro atoms. The topological polar surface area (TPSA) is 221 Å². The summed E-state index contributed by atoms with van der Waals surface area (Å²) >= 11 is 0. The first kappa shape index (κ1) is 62.6. The maximum Gasteiger partial charge on any atom is 0.261 e. The van der Waals surface area contributed by atoms with Gasteiger partial charge < -0.3 is 85.6 Å². The molecule has 374 valence electrons. The summed E-state index contributed by atoms with van der Waals surface area (Å²) in [4.78, 5) is 8.46. The van der Waals surface area contributed by atoms with Crippen molar-refractivity contribution >= 4 is 16.1 Å². The van der Waals surface area contributed by atoms with Gasteiger partial charge in [-0.3, -0.25) is 9.55 Å². The van der Waals surface area contributed by atoms with Gasteiger partial charge in [0, 0.05) is 35.3 Å². The number of aliphatic imine (C=N–C) groups is 1. The third-order valence-electron chi connectivity index (χ3n) is 6.93. The molecule has 0 aromatic heterocycles. The first-order valence-electron chi connectivity index (χ1n) is 21.1. The molecule has 0 saturated heterocycles. The van der Waals surface area contributed by atoms with Crippen LogP contribution in [-0.2, 0) is 85.9 Å². The lowest BCUT2D eigenvalue weighted by Gasteiger charge is -2.22. The van der Waals surface area contributed by atoms with Crippen molar-refractivity contribution in [1.29, 1.82) is 0 Å². The molecule has 0 aliphatic rings. The Morgan fingerprint density at radius 3 is 0.645 bits per heavy atom. The molecule has 0 fully saturated rings. The Labute approximate surface area is 371 Å². The number of methoxy groups -OCH3 is 1. The minimum absolute atomic E-state index is 0.500. The Balaban J connectivity index is 0. The molecule has 0 heterocycles. The number of guanidine groups is 1. The molecule has 0 radical (unpaired) electrons. The van der Waals surface area contributed by atoms with E-state index in [0.717, 1.165) is 5.96 Å². The van der Waals surface area contributed by atoms with Gasteiger partial charge >= 0.3 is 0 Å². The fraction of sp³-hybridized carbons (Fsp3) is 0.974. The fourth-order valence-electron chi connectivity index (χ4n) is 4.22. The van der Waals surface area contributed by atoms with Crippen LogP contribution in [0.15, 0.2) is 4.99 Å². The van der Waals surface area contributed by atoms with Crippen LogP contribution in [0.4, 0.5) is 0 Å². The molecule has 0 aromatic rings. The highest BCUT2D eigenvalue weighted by atomic mass is 32.2. The number of rotatable bonds is 48. The van der Waals surface area contributed by atoms with Crippen molar-refractivity contribution in [1.82, 2.24) is 9.80 Å². The molecule has 22 nitrogen and oxygen atoms in total. The monoisotopic (exact) mass is 930 g/mol. The van der Waals surface area contributed by atoms with Gasteiger partial charge in [0.15, 0.2) is 5.96 Å². The molecule has 62 heavy (non-hydrogen) atoms. The smallest absolute Gasteiger partial charge is 0.261 e. The first-order valence-corrected chi connectivity index (χ1v) is 22.9. The molecule has 0 aliphatic carbocycles. The molecule has 0 saturated carbocycles. The normalized spacial score (nSPS) is 11.5. The summed E-state index contributed by atoms with van der Waals surface area (Å²) in [6.45, 7) is 16.7. The summed E-state index contributed by atoms with van der Waals surface area (Å²) in [5.74, 6) is 0.913. The predicted octanol–water partition coefficient (Wildman–Crippen LogP) is -0.135. The summed E-state index contributed by atoms with van der Waals surface area (Å²) in [5.41, 5.74) is 0. The van der Waals surface area contributed by atoms with Crippen LogP contribution in [0.3, 0.4) is 0 Å². The Hall–Kier alpha value is -1.46. The van der Waals surface area contributed by atoms with Gasteiger partial charge in [-0.25, -0.2) is 0 Å². The van der Waals surface area contributed by atoms with Gasteiger partial charge in [-0.05, 0) is 0 Å². The molecule has 0 unspecified atom stereocenters. The molecule has 0 bridgehead atoms. The van der Waals surface area contributed by atoms with E-state index in [1.54, 1.807) is 7.11 Å². The highest BCUT2D eigenvalue weighted by Gasteiger charge is 2.03. The maximum absolute atomic E-state index is 9.19. The van der Waals surface area contributed by atoms with Crippen LogP contribution in [0.5, 0.6) is 0 Å². The molecule has 23 heteroatoms. The van der Waals surface area contributed by atoms with Gasteiger partial charge in [0.05, 0.1) is 218 Å². The largest absolute Gasteiger partial charge is 0.382 e. The Kier molecular flexibility index (Phi) is 52.7. The second kappa shape index (κ2) is 52.2. The Morgan fingerprint density at radius 2 is 0.500 bits per heavy atom. The lowest BCUT2D eigenvalue weighted by atomic mass is 10.6. The third-order valence-corrected chi connectivity index (χ3v) is 6.93. The highest BCUT2D eigenvalue weighted by Crippen LogP contribution is 1.91. The van der Waals surface area contributed by atoms with E-state index in [9.17, 15) is 8.42 Å². The standard InChI is InChI=1S/C38H79N3O16.CH4O3S/c1-40(2)38(41(3)4)39-6-7-43-10-11-45-14-15-47-18-19-49-22-23-51-26-27-53-30-31-55-34-35-57-37-36-56-33-32-54-29-28-52-25-24-50-21-20-48-17-16-46-13-12-44-9-8-42-5;1-5(2,3)4/h6-37H2,1-5H3;1H3,(H,2,3,4). The summed E-state index contributed by atoms with van der Waals surface area (Å²) in [6.07, 6.45) is 0.715. The summed E-state index contributed by atoms with van der Waals surface area (Å²) in [7, 11) is 5.86. The lowest BCUT2D eigenvalue weighted by molar-refractivity contribution is -0.0302. The van der Waals surface area contributed by atoms with E-state index in [1.807, 2.05) is 38.0 Å². The van der Waals surface area contributed by atoms with Crippen molar-refractivity contribution in [2.45, 2.75) is 0 Å². The van der Waals surface area contributed by atoms with E-state index >= 15 is 0 Å². The second-order valence-corrected chi connectivity index (χ2v) is 14.3.